The topological polar surface area (TPSA) is 24.9 Å². The highest BCUT2D eigenvalue weighted by Gasteiger charge is 2.10. The number of nitrogens with one attached hydrogen (secondary N) is 1. The molecule has 0 atom stereocenters. The highest BCUT2D eigenvalue weighted by atomic mass is 79.9. The summed E-state index contributed by atoms with van der Waals surface area (Å²) in [6.07, 6.45) is 1.73. The zero-order chi connectivity index (χ0) is 13.3. The quantitative estimate of drug-likeness (QED) is 0.617. The van der Waals surface area contributed by atoms with Crippen LogP contribution in [0.5, 0.6) is 0 Å². The predicted molar refractivity (Wildman–Crippen MR) is 84.1 cm³/mol. The average Bonchev–Trinajstić information content (AvgIpc) is 2.33. The first-order chi connectivity index (χ1) is 8.49. The van der Waals surface area contributed by atoms with Crippen LogP contribution in [0.2, 0.25) is 10.0 Å². The van der Waals surface area contributed by atoms with Crippen LogP contribution in [0.4, 0.5) is 11.5 Å². The first kappa shape index (κ1) is 14.1. The number of hydrogen-bond acceptors (Lipinski definition) is 2. The van der Waals surface area contributed by atoms with Crippen molar-refractivity contribution in [1.29, 1.82) is 0 Å². The summed E-state index contributed by atoms with van der Waals surface area (Å²) in [5.41, 5.74) is 1.74. The van der Waals surface area contributed by atoms with Crippen LogP contribution < -0.4 is 5.32 Å². The van der Waals surface area contributed by atoms with Gasteiger partial charge in [-0.05, 0) is 62.5 Å². The average molecular weight is 411 g/mol. The van der Waals surface area contributed by atoms with Crippen molar-refractivity contribution in [2.24, 2.45) is 0 Å². The molecule has 1 aromatic carbocycles. The summed E-state index contributed by atoms with van der Waals surface area (Å²) in [7, 11) is 0. The number of hydrogen-bond donors (Lipinski definition) is 1. The molecule has 0 amide bonds. The van der Waals surface area contributed by atoms with Gasteiger partial charge in [0.1, 0.15) is 5.82 Å². The van der Waals surface area contributed by atoms with E-state index >= 15 is 0 Å². The van der Waals surface area contributed by atoms with E-state index < -0.39 is 0 Å². The molecule has 2 aromatic rings. The highest BCUT2D eigenvalue weighted by molar-refractivity contribution is 9.10. The highest BCUT2D eigenvalue weighted by Crippen LogP contribution is 2.37. The largest absolute Gasteiger partial charge is 0.339 e. The van der Waals surface area contributed by atoms with Crippen LogP contribution in [0.15, 0.2) is 33.3 Å². The molecule has 0 unspecified atom stereocenters. The normalized spacial score (nSPS) is 10.5. The lowest BCUT2D eigenvalue weighted by atomic mass is 10.2. The van der Waals surface area contributed by atoms with E-state index in [2.05, 4.69) is 42.2 Å². The van der Waals surface area contributed by atoms with Crippen molar-refractivity contribution in [3.8, 4) is 0 Å². The van der Waals surface area contributed by atoms with Gasteiger partial charge in [-0.25, -0.2) is 4.98 Å². The van der Waals surface area contributed by atoms with E-state index in [9.17, 15) is 0 Å². The summed E-state index contributed by atoms with van der Waals surface area (Å²) >= 11 is 18.9. The third-order valence-corrected chi connectivity index (χ3v) is 4.54. The standard InChI is InChI=1S/C12H8Br2Cl2N2/c1-6-4-7(13)5-17-12(6)18-9-3-2-8(14)10(15)11(9)16/h2-5H,1H3,(H,17,18). The minimum Gasteiger partial charge on any atom is -0.339 e. The molecule has 0 saturated carbocycles. The van der Waals surface area contributed by atoms with Gasteiger partial charge in [-0.2, -0.15) is 0 Å². The Morgan fingerprint density at radius 3 is 2.56 bits per heavy atom. The molecule has 0 saturated heterocycles. The first-order valence-electron chi connectivity index (χ1n) is 5.01. The van der Waals surface area contributed by atoms with Crippen molar-refractivity contribution < 1.29 is 0 Å². The monoisotopic (exact) mass is 408 g/mol. The predicted octanol–water partition coefficient (Wildman–Crippen LogP) is 5.97. The van der Waals surface area contributed by atoms with Crippen molar-refractivity contribution in [3.05, 3.63) is 49.0 Å². The summed E-state index contributed by atoms with van der Waals surface area (Å²) in [4.78, 5) is 4.29. The molecule has 94 valence electrons. The fourth-order valence-corrected chi connectivity index (χ4v) is 2.69. The van der Waals surface area contributed by atoms with Crippen molar-refractivity contribution in [3.63, 3.8) is 0 Å². The van der Waals surface area contributed by atoms with Gasteiger partial charge in [0.05, 0.1) is 15.7 Å². The zero-order valence-corrected chi connectivity index (χ0v) is 14.0. The van der Waals surface area contributed by atoms with Gasteiger partial charge in [0.2, 0.25) is 0 Å². The number of anilines is 2. The minimum absolute atomic E-state index is 0.468. The summed E-state index contributed by atoms with van der Waals surface area (Å²) in [6, 6.07) is 5.66. The van der Waals surface area contributed by atoms with Crippen molar-refractivity contribution in [2.75, 3.05) is 5.32 Å². The Morgan fingerprint density at radius 2 is 1.89 bits per heavy atom. The smallest absolute Gasteiger partial charge is 0.133 e. The van der Waals surface area contributed by atoms with Crippen LogP contribution in [0.1, 0.15) is 5.56 Å². The van der Waals surface area contributed by atoms with E-state index in [4.69, 9.17) is 23.2 Å². The van der Waals surface area contributed by atoms with Crippen molar-refractivity contribution in [1.82, 2.24) is 4.98 Å². The molecule has 0 spiro atoms. The molecule has 1 aromatic heterocycles. The number of nitrogens with zero attached hydrogens (tertiary/aromatic N) is 1. The maximum atomic E-state index is 6.17. The summed E-state index contributed by atoms with van der Waals surface area (Å²) < 4.78 is 1.70. The van der Waals surface area contributed by atoms with E-state index in [0.29, 0.717) is 10.0 Å². The number of halogens is 4. The Labute approximate surface area is 132 Å². The third-order valence-electron chi connectivity index (χ3n) is 2.33. The lowest BCUT2D eigenvalue weighted by Gasteiger charge is -2.11. The second-order valence-corrected chi connectivity index (χ2v) is 6.19. The lowest BCUT2D eigenvalue weighted by Crippen LogP contribution is -1.97. The Hall–Kier alpha value is -0.290. The van der Waals surface area contributed by atoms with E-state index in [0.717, 1.165) is 26.0 Å². The molecule has 0 bridgehead atoms. The van der Waals surface area contributed by atoms with Crippen LogP contribution >= 0.6 is 55.1 Å². The van der Waals surface area contributed by atoms with Gasteiger partial charge >= 0.3 is 0 Å². The number of aryl methyl sites for hydroxylation is 1. The van der Waals surface area contributed by atoms with Gasteiger partial charge in [0.15, 0.2) is 0 Å². The van der Waals surface area contributed by atoms with Crippen LogP contribution in [-0.4, -0.2) is 4.98 Å². The molecule has 0 aliphatic heterocycles. The Balaban J connectivity index is 2.37. The number of pyridine rings is 1. The molecule has 18 heavy (non-hydrogen) atoms. The fraction of sp³-hybridized carbons (Fsp3) is 0.0833. The maximum absolute atomic E-state index is 6.17. The van der Waals surface area contributed by atoms with Crippen LogP contribution in [0, 0.1) is 6.92 Å². The van der Waals surface area contributed by atoms with Gasteiger partial charge < -0.3 is 5.32 Å². The Morgan fingerprint density at radius 1 is 1.17 bits per heavy atom. The molecule has 6 heteroatoms. The maximum Gasteiger partial charge on any atom is 0.133 e. The summed E-state index contributed by atoms with van der Waals surface area (Å²) in [6.45, 7) is 1.97. The molecule has 1 heterocycles. The molecule has 0 aliphatic rings. The van der Waals surface area contributed by atoms with Gasteiger partial charge in [0, 0.05) is 15.1 Å². The van der Waals surface area contributed by atoms with Gasteiger partial charge in [-0.15, -0.1) is 0 Å². The van der Waals surface area contributed by atoms with E-state index in [-0.39, 0.29) is 0 Å². The van der Waals surface area contributed by atoms with Gasteiger partial charge in [-0.3, -0.25) is 0 Å². The molecule has 2 rings (SSSR count). The molecule has 1 N–H and O–H groups in total. The van der Waals surface area contributed by atoms with Crippen molar-refractivity contribution >= 4 is 66.6 Å². The van der Waals surface area contributed by atoms with Gasteiger partial charge in [-0.1, -0.05) is 23.2 Å². The molecule has 0 fully saturated rings. The van der Waals surface area contributed by atoms with E-state index in [1.54, 1.807) is 6.20 Å². The fourth-order valence-electron chi connectivity index (χ4n) is 1.42. The SMILES string of the molecule is Cc1cc(Br)cnc1Nc1ccc(Br)c(Cl)c1Cl. The van der Waals surface area contributed by atoms with E-state index in [1.165, 1.54) is 0 Å². The Kier molecular flexibility index (Phi) is 4.54. The second kappa shape index (κ2) is 5.78. The molecular formula is C12H8Br2Cl2N2. The van der Waals surface area contributed by atoms with Gasteiger partial charge in [0.25, 0.3) is 0 Å². The summed E-state index contributed by atoms with van der Waals surface area (Å²) in [5, 5.41) is 4.12. The zero-order valence-electron chi connectivity index (χ0n) is 9.27. The molecule has 0 aliphatic carbocycles. The Bertz CT molecular complexity index is 603. The molecule has 2 nitrogen and oxygen atoms in total. The van der Waals surface area contributed by atoms with Crippen LogP contribution in [0.25, 0.3) is 0 Å². The van der Waals surface area contributed by atoms with Crippen LogP contribution in [-0.2, 0) is 0 Å². The van der Waals surface area contributed by atoms with E-state index in [1.807, 2.05) is 25.1 Å². The number of rotatable bonds is 2. The van der Waals surface area contributed by atoms with Crippen molar-refractivity contribution in [2.45, 2.75) is 6.92 Å². The molecular weight excluding hydrogens is 403 g/mol. The summed E-state index contributed by atoms with van der Waals surface area (Å²) in [5.74, 6) is 0.749. The number of benzene rings is 1. The third kappa shape index (κ3) is 2.99. The lowest BCUT2D eigenvalue weighted by molar-refractivity contribution is 1.24. The number of aromatic nitrogens is 1. The van der Waals surface area contributed by atoms with Crippen LogP contribution in [0.3, 0.4) is 0 Å². The minimum atomic E-state index is 0.468. The molecule has 0 radical (unpaired) electrons. The second-order valence-electron chi connectivity index (χ2n) is 3.67. The first-order valence-corrected chi connectivity index (χ1v) is 7.36.